The van der Waals surface area contributed by atoms with E-state index < -0.39 is 0 Å². The number of anilines is 1. The summed E-state index contributed by atoms with van der Waals surface area (Å²) >= 11 is 0. The predicted octanol–water partition coefficient (Wildman–Crippen LogP) is 3.98. The van der Waals surface area contributed by atoms with E-state index in [4.69, 9.17) is 0 Å². The number of hydrogen-bond acceptors (Lipinski definition) is 2. The van der Waals surface area contributed by atoms with Crippen molar-refractivity contribution >= 4 is 11.5 Å². The van der Waals surface area contributed by atoms with Gasteiger partial charge < -0.3 is 5.32 Å². The van der Waals surface area contributed by atoms with E-state index in [1.807, 2.05) is 12.1 Å². The number of para-hydroxylation sites is 1. The quantitative estimate of drug-likeness (QED) is 0.850. The molecular weight excluding hydrogens is 222 g/mol. The van der Waals surface area contributed by atoms with Gasteiger partial charge in [-0.3, -0.25) is 4.79 Å². The van der Waals surface area contributed by atoms with Crippen LogP contribution in [0.5, 0.6) is 0 Å². The van der Waals surface area contributed by atoms with Crippen LogP contribution < -0.4 is 5.32 Å². The first kappa shape index (κ1) is 13.1. The zero-order valence-corrected chi connectivity index (χ0v) is 11.4. The highest BCUT2D eigenvalue weighted by Crippen LogP contribution is 2.33. The summed E-state index contributed by atoms with van der Waals surface area (Å²) in [5, 5.41) is 3.37. The lowest BCUT2D eigenvalue weighted by Crippen LogP contribution is -2.24. The van der Waals surface area contributed by atoms with Crippen molar-refractivity contribution in [3.63, 3.8) is 0 Å². The standard InChI is InChI=1S/C16H23NO/c1-3-6-12(2)11-16(18)14-9-10-17-15-8-5-4-7-13(14)15/h4-5,7-8,12,14,17H,3,6,9-11H2,1-2H3. The number of nitrogens with one attached hydrogen (secondary N) is 1. The molecule has 0 aromatic heterocycles. The van der Waals surface area contributed by atoms with Crippen molar-refractivity contribution < 1.29 is 4.79 Å². The fourth-order valence-electron chi connectivity index (χ4n) is 2.88. The molecule has 0 saturated heterocycles. The van der Waals surface area contributed by atoms with Gasteiger partial charge in [-0.1, -0.05) is 44.9 Å². The van der Waals surface area contributed by atoms with Crippen LogP contribution in [0.25, 0.3) is 0 Å². The molecule has 0 spiro atoms. The first-order chi connectivity index (χ1) is 8.72. The lowest BCUT2D eigenvalue weighted by molar-refractivity contribution is -0.121. The lowest BCUT2D eigenvalue weighted by atomic mass is 9.83. The van der Waals surface area contributed by atoms with Gasteiger partial charge in [-0.2, -0.15) is 0 Å². The SMILES string of the molecule is CCCC(C)CC(=O)C1CCNc2ccccc21. The van der Waals surface area contributed by atoms with E-state index in [0.717, 1.165) is 37.9 Å². The third-order valence-electron chi connectivity index (χ3n) is 3.80. The van der Waals surface area contributed by atoms with Crippen molar-refractivity contribution in [1.82, 2.24) is 0 Å². The molecule has 1 aromatic carbocycles. The fourth-order valence-corrected chi connectivity index (χ4v) is 2.88. The van der Waals surface area contributed by atoms with Crippen LogP contribution in [0.2, 0.25) is 0 Å². The van der Waals surface area contributed by atoms with E-state index in [1.54, 1.807) is 0 Å². The Hall–Kier alpha value is -1.31. The average Bonchev–Trinajstić information content (AvgIpc) is 2.38. The van der Waals surface area contributed by atoms with Gasteiger partial charge in [0, 0.05) is 24.6 Å². The number of fused-ring (bicyclic) bond motifs is 1. The van der Waals surface area contributed by atoms with Gasteiger partial charge in [0.15, 0.2) is 0 Å². The predicted molar refractivity (Wildman–Crippen MR) is 76.0 cm³/mol. The molecule has 1 aliphatic rings. The first-order valence-electron chi connectivity index (χ1n) is 7.08. The maximum Gasteiger partial charge on any atom is 0.140 e. The van der Waals surface area contributed by atoms with E-state index in [2.05, 4.69) is 31.3 Å². The smallest absolute Gasteiger partial charge is 0.140 e. The van der Waals surface area contributed by atoms with Gasteiger partial charge in [0.1, 0.15) is 5.78 Å². The number of ketones is 1. The molecule has 1 N–H and O–H groups in total. The molecule has 98 valence electrons. The highest BCUT2D eigenvalue weighted by Gasteiger charge is 2.26. The molecule has 2 atom stereocenters. The first-order valence-corrected chi connectivity index (χ1v) is 7.08. The molecule has 0 radical (unpaired) electrons. The number of Topliss-reactive ketones (excluding diaryl/α,β-unsaturated/α-hetero) is 1. The third kappa shape index (κ3) is 2.92. The van der Waals surface area contributed by atoms with Crippen molar-refractivity contribution in [1.29, 1.82) is 0 Å². The summed E-state index contributed by atoms with van der Waals surface area (Å²) in [6, 6.07) is 8.22. The Kier molecular flexibility index (Phi) is 4.40. The zero-order chi connectivity index (χ0) is 13.0. The van der Waals surface area contributed by atoms with Crippen molar-refractivity contribution in [2.24, 2.45) is 5.92 Å². The molecule has 2 rings (SSSR count). The van der Waals surface area contributed by atoms with Gasteiger partial charge in [-0.25, -0.2) is 0 Å². The molecule has 0 bridgehead atoms. The monoisotopic (exact) mass is 245 g/mol. The van der Waals surface area contributed by atoms with E-state index in [0.29, 0.717) is 11.7 Å². The summed E-state index contributed by atoms with van der Waals surface area (Å²) < 4.78 is 0. The Bertz CT molecular complexity index is 413. The van der Waals surface area contributed by atoms with Crippen LogP contribution in [-0.2, 0) is 4.79 Å². The second kappa shape index (κ2) is 6.03. The van der Waals surface area contributed by atoms with Crippen molar-refractivity contribution in [2.75, 3.05) is 11.9 Å². The summed E-state index contributed by atoms with van der Waals surface area (Å²) in [5.41, 5.74) is 2.34. The average molecular weight is 245 g/mol. The third-order valence-corrected chi connectivity index (χ3v) is 3.80. The molecule has 2 heteroatoms. The van der Waals surface area contributed by atoms with Crippen molar-refractivity contribution in [3.05, 3.63) is 29.8 Å². The molecule has 0 fully saturated rings. The highest BCUT2D eigenvalue weighted by atomic mass is 16.1. The largest absolute Gasteiger partial charge is 0.385 e. The topological polar surface area (TPSA) is 29.1 Å². The summed E-state index contributed by atoms with van der Waals surface area (Å²) in [5.74, 6) is 1.05. The Labute approximate surface area is 110 Å². The van der Waals surface area contributed by atoms with Crippen LogP contribution in [0.4, 0.5) is 5.69 Å². The Morgan fingerprint density at radius 1 is 1.44 bits per heavy atom. The Balaban J connectivity index is 2.08. The van der Waals surface area contributed by atoms with Gasteiger partial charge in [-0.15, -0.1) is 0 Å². The van der Waals surface area contributed by atoms with Crippen LogP contribution in [0.3, 0.4) is 0 Å². The number of rotatable bonds is 5. The highest BCUT2D eigenvalue weighted by molar-refractivity contribution is 5.88. The van der Waals surface area contributed by atoms with Gasteiger partial charge in [0.2, 0.25) is 0 Å². The van der Waals surface area contributed by atoms with Crippen molar-refractivity contribution in [3.8, 4) is 0 Å². The minimum absolute atomic E-state index is 0.113. The Morgan fingerprint density at radius 3 is 3.00 bits per heavy atom. The second-order valence-corrected chi connectivity index (χ2v) is 5.42. The molecule has 0 aliphatic carbocycles. The lowest BCUT2D eigenvalue weighted by Gasteiger charge is -2.26. The molecule has 2 unspecified atom stereocenters. The minimum atomic E-state index is 0.113. The maximum absolute atomic E-state index is 12.4. The molecular formula is C16H23NO. The number of carbonyl (C=O) groups is 1. The van der Waals surface area contributed by atoms with Gasteiger partial charge >= 0.3 is 0 Å². The summed E-state index contributed by atoms with van der Waals surface area (Å²) in [6.45, 7) is 5.28. The second-order valence-electron chi connectivity index (χ2n) is 5.42. The zero-order valence-electron chi connectivity index (χ0n) is 11.4. The van der Waals surface area contributed by atoms with Crippen LogP contribution in [0, 0.1) is 5.92 Å². The molecule has 0 amide bonds. The molecule has 1 heterocycles. The molecule has 18 heavy (non-hydrogen) atoms. The van der Waals surface area contributed by atoms with Crippen LogP contribution in [0.1, 0.15) is 51.0 Å². The van der Waals surface area contributed by atoms with Crippen LogP contribution in [0.15, 0.2) is 24.3 Å². The summed E-state index contributed by atoms with van der Waals surface area (Å²) in [7, 11) is 0. The molecule has 1 aliphatic heterocycles. The molecule has 0 saturated carbocycles. The maximum atomic E-state index is 12.4. The van der Waals surface area contributed by atoms with E-state index in [1.165, 1.54) is 5.56 Å². The number of carbonyl (C=O) groups excluding carboxylic acids is 1. The van der Waals surface area contributed by atoms with E-state index >= 15 is 0 Å². The van der Waals surface area contributed by atoms with E-state index in [9.17, 15) is 4.79 Å². The van der Waals surface area contributed by atoms with Crippen LogP contribution in [-0.4, -0.2) is 12.3 Å². The van der Waals surface area contributed by atoms with E-state index in [-0.39, 0.29) is 5.92 Å². The number of benzene rings is 1. The summed E-state index contributed by atoms with van der Waals surface area (Å²) in [6.07, 6.45) is 3.98. The fraction of sp³-hybridized carbons (Fsp3) is 0.562. The van der Waals surface area contributed by atoms with Crippen LogP contribution >= 0.6 is 0 Å². The normalized spacial score (nSPS) is 19.8. The minimum Gasteiger partial charge on any atom is -0.385 e. The Morgan fingerprint density at radius 2 is 2.22 bits per heavy atom. The molecule has 1 aromatic rings. The van der Waals surface area contributed by atoms with Gasteiger partial charge in [0.05, 0.1) is 0 Å². The number of hydrogen-bond donors (Lipinski definition) is 1. The molecule has 2 nitrogen and oxygen atoms in total. The summed E-state index contributed by atoms with van der Waals surface area (Å²) in [4.78, 5) is 12.4. The van der Waals surface area contributed by atoms with Gasteiger partial charge in [-0.05, 0) is 24.0 Å². The van der Waals surface area contributed by atoms with Gasteiger partial charge in [0.25, 0.3) is 0 Å². The van der Waals surface area contributed by atoms with Crippen molar-refractivity contribution in [2.45, 2.75) is 45.4 Å².